The Balaban J connectivity index is 1.76. The number of nitrogens with one attached hydrogen (secondary N) is 2. The molecule has 0 fully saturated rings. The number of aromatic amines is 1. The number of carbonyl (C=O) groups excluding carboxylic acids is 1. The smallest absolute Gasteiger partial charge is 0.230 e. The summed E-state index contributed by atoms with van der Waals surface area (Å²) in [6.45, 7) is 2.43. The summed E-state index contributed by atoms with van der Waals surface area (Å²) in [6.07, 6.45) is 1.72. The van der Waals surface area contributed by atoms with Gasteiger partial charge in [0, 0.05) is 27.7 Å². The van der Waals surface area contributed by atoms with Gasteiger partial charge >= 0.3 is 0 Å². The summed E-state index contributed by atoms with van der Waals surface area (Å²) in [5.41, 5.74) is 1.98. The third-order valence-electron chi connectivity index (χ3n) is 2.59. The van der Waals surface area contributed by atoms with Crippen LogP contribution in [0.2, 0.25) is 5.02 Å². The fraction of sp³-hybridized carbons (Fsp3) is 0.231. The maximum Gasteiger partial charge on any atom is 0.230 e. The number of benzene rings is 1. The zero-order valence-electron chi connectivity index (χ0n) is 10.4. The first-order chi connectivity index (χ1) is 9.15. The van der Waals surface area contributed by atoms with Crippen LogP contribution in [0.4, 0.5) is 0 Å². The zero-order chi connectivity index (χ0) is 13.7. The summed E-state index contributed by atoms with van der Waals surface area (Å²) in [4.78, 5) is 12.7. The van der Waals surface area contributed by atoms with Gasteiger partial charge in [0.1, 0.15) is 0 Å². The van der Waals surface area contributed by atoms with E-state index in [1.807, 2.05) is 31.2 Å². The standard InChI is InChI=1S/C13H14ClN3OS/c1-9-10(7-16-17-9)6-15-13(18)8-19-12-4-2-11(14)3-5-12/h2-5,7H,6,8H2,1H3,(H,15,18)(H,16,17). The third kappa shape index (κ3) is 4.29. The molecule has 1 heterocycles. The highest BCUT2D eigenvalue weighted by atomic mass is 35.5. The van der Waals surface area contributed by atoms with Crippen LogP contribution in [0, 0.1) is 6.92 Å². The number of halogens is 1. The van der Waals surface area contributed by atoms with E-state index < -0.39 is 0 Å². The highest BCUT2D eigenvalue weighted by molar-refractivity contribution is 8.00. The molecule has 0 radical (unpaired) electrons. The second-order valence-corrected chi connectivity index (χ2v) is 5.52. The molecule has 100 valence electrons. The highest BCUT2D eigenvalue weighted by Crippen LogP contribution is 2.19. The maximum atomic E-state index is 11.7. The molecule has 0 spiro atoms. The van der Waals surface area contributed by atoms with Gasteiger partial charge in [-0.15, -0.1) is 11.8 Å². The molecule has 0 unspecified atom stereocenters. The molecule has 0 atom stereocenters. The van der Waals surface area contributed by atoms with Crippen LogP contribution >= 0.6 is 23.4 Å². The Morgan fingerprint density at radius 2 is 2.16 bits per heavy atom. The van der Waals surface area contributed by atoms with Crippen LogP contribution < -0.4 is 5.32 Å². The first-order valence-electron chi connectivity index (χ1n) is 5.79. The summed E-state index contributed by atoms with van der Waals surface area (Å²) in [6, 6.07) is 7.44. The molecule has 1 aromatic heterocycles. The normalized spacial score (nSPS) is 10.4. The van der Waals surface area contributed by atoms with Gasteiger partial charge in [-0.25, -0.2) is 0 Å². The number of aryl methyl sites for hydroxylation is 1. The van der Waals surface area contributed by atoms with E-state index in [2.05, 4.69) is 15.5 Å². The first kappa shape index (κ1) is 14.0. The fourth-order valence-corrected chi connectivity index (χ4v) is 2.33. The average Bonchev–Trinajstić information content (AvgIpc) is 2.81. The predicted molar refractivity (Wildman–Crippen MR) is 77.3 cm³/mol. The van der Waals surface area contributed by atoms with Gasteiger partial charge in [-0.05, 0) is 31.2 Å². The van der Waals surface area contributed by atoms with Crippen LogP contribution in [-0.2, 0) is 11.3 Å². The van der Waals surface area contributed by atoms with Crippen LogP contribution in [-0.4, -0.2) is 21.9 Å². The molecule has 2 N–H and O–H groups in total. The van der Waals surface area contributed by atoms with Crippen molar-refractivity contribution in [2.75, 3.05) is 5.75 Å². The third-order valence-corrected chi connectivity index (χ3v) is 3.86. The van der Waals surface area contributed by atoms with Crippen molar-refractivity contribution in [2.24, 2.45) is 0 Å². The minimum atomic E-state index is 0.000509. The molecular weight excluding hydrogens is 282 g/mol. The van der Waals surface area contributed by atoms with E-state index in [0.717, 1.165) is 16.2 Å². The van der Waals surface area contributed by atoms with Crippen molar-refractivity contribution in [3.05, 3.63) is 46.7 Å². The number of nitrogens with zero attached hydrogens (tertiary/aromatic N) is 1. The molecule has 2 rings (SSSR count). The van der Waals surface area contributed by atoms with Gasteiger partial charge in [-0.3, -0.25) is 9.89 Å². The Morgan fingerprint density at radius 3 is 2.79 bits per heavy atom. The number of H-pyrrole nitrogens is 1. The Hall–Kier alpha value is -1.46. The second-order valence-electron chi connectivity index (χ2n) is 4.04. The van der Waals surface area contributed by atoms with Crippen LogP contribution in [0.5, 0.6) is 0 Å². The number of amides is 1. The lowest BCUT2D eigenvalue weighted by atomic mass is 10.3. The van der Waals surface area contributed by atoms with Crippen LogP contribution in [0.3, 0.4) is 0 Å². The number of thioether (sulfide) groups is 1. The number of hydrogen-bond donors (Lipinski definition) is 2. The molecule has 0 aliphatic heterocycles. The van der Waals surface area contributed by atoms with Crippen LogP contribution in [0.1, 0.15) is 11.3 Å². The summed E-state index contributed by atoms with van der Waals surface area (Å²) >= 11 is 7.28. The van der Waals surface area contributed by atoms with Crippen molar-refractivity contribution in [1.82, 2.24) is 15.5 Å². The predicted octanol–water partition coefficient (Wildman–Crippen LogP) is 2.78. The topological polar surface area (TPSA) is 57.8 Å². The summed E-state index contributed by atoms with van der Waals surface area (Å²) < 4.78 is 0. The van der Waals surface area contributed by atoms with Crippen molar-refractivity contribution in [1.29, 1.82) is 0 Å². The lowest BCUT2D eigenvalue weighted by molar-refractivity contribution is -0.118. The van der Waals surface area contributed by atoms with E-state index in [-0.39, 0.29) is 5.91 Å². The van der Waals surface area contributed by atoms with Gasteiger partial charge in [0.25, 0.3) is 0 Å². The van der Waals surface area contributed by atoms with Gasteiger partial charge < -0.3 is 5.32 Å². The van der Waals surface area contributed by atoms with Gasteiger partial charge in [-0.2, -0.15) is 5.10 Å². The molecule has 0 aliphatic rings. The molecular formula is C13H14ClN3OS. The van der Waals surface area contributed by atoms with Gasteiger partial charge in [-0.1, -0.05) is 11.6 Å². The Bertz CT molecular complexity index is 553. The monoisotopic (exact) mass is 295 g/mol. The number of carbonyl (C=O) groups is 1. The van der Waals surface area contributed by atoms with Gasteiger partial charge in [0.15, 0.2) is 0 Å². The van der Waals surface area contributed by atoms with E-state index in [1.54, 1.807) is 6.20 Å². The second kappa shape index (κ2) is 6.63. The molecule has 6 heteroatoms. The van der Waals surface area contributed by atoms with Crippen LogP contribution in [0.15, 0.2) is 35.4 Å². The van der Waals surface area contributed by atoms with E-state index in [1.165, 1.54) is 11.8 Å². The zero-order valence-corrected chi connectivity index (χ0v) is 12.0. The van der Waals surface area contributed by atoms with Crippen molar-refractivity contribution in [3.8, 4) is 0 Å². The molecule has 4 nitrogen and oxygen atoms in total. The minimum absolute atomic E-state index is 0.000509. The SMILES string of the molecule is Cc1[nH]ncc1CNC(=O)CSc1ccc(Cl)cc1. The molecule has 0 aliphatic carbocycles. The maximum absolute atomic E-state index is 11.7. The molecule has 0 saturated carbocycles. The Morgan fingerprint density at radius 1 is 1.42 bits per heavy atom. The quantitative estimate of drug-likeness (QED) is 0.834. The average molecular weight is 296 g/mol. The minimum Gasteiger partial charge on any atom is -0.351 e. The summed E-state index contributed by atoms with van der Waals surface area (Å²) in [7, 11) is 0. The largest absolute Gasteiger partial charge is 0.351 e. The molecule has 1 amide bonds. The molecule has 0 saturated heterocycles. The molecule has 19 heavy (non-hydrogen) atoms. The van der Waals surface area contributed by atoms with Gasteiger partial charge in [0.05, 0.1) is 11.9 Å². The van der Waals surface area contributed by atoms with E-state index >= 15 is 0 Å². The summed E-state index contributed by atoms with van der Waals surface area (Å²) in [5, 5.41) is 10.3. The molecule has 2 aromatic rings. The number of rotatable bonds is 5. The van der Waals surface area contributed by atoms with Crippen molar-refractivity contribution >= 4 is 29.3 Å². The number of aromatic nitrogens is 2. The van der Waals surface area contributed by atoms with E-state index in [4.69, 9.17) is 11.6 Å². The lowest BCUT2D eigenvalue weighted by Crippen LogP contribution is -2.24. The van der Waals surface area contributed by atoms with Crippen molar-refractivity contribution in [2.45, 2.75) is 18.4 Å². The van der Waals surface area contributed by atoms with E-state index in [0.29, 0.717) is 17.3 Å². The molecule has 0 bridgehead atoms. The Kier molecular flexibility index (Phi) is 4.87. The number of hydrogen-bond acceptors (Lipinski definition) is 3. The first-order valence-corrected chi connectivity index (χ1v) is 7.15. The van der Waals surface area contributed by atoms with Crippen molar-refractivity contribution < 1.29 is 4.79 Å². The lowest BCUT2D eigenvalue weighted by Gasteiger charge is -2.04. The Labute approximate surface area is 120 Å². The fourth-order valence-electron chi connectivity index (χ4n) is 1.48. The van der Waals surface area contributed by atoms with E-state index in [9.17, 15) is 4.79 Å². The van der Waals surface area contributed by atoms with Crippen LogP contribution in [0.25, 0.3) is 0 Å². The van der Waals surface area contributed by atoms with Crippen molar-refractivity contribution in [3.63, 3.8) is 0 Å². The molecule has 1 aromatic carbocycles. The van der Waals surface area contributed by atoms with Gasteiger partial charge in [0.2, 0.25) is 5.91 Å². The summed E-state index contributed by atoms with van der Waals surface area (Å²) in [5.74, 6) is 0.388. The highest BCUT2D eigenvalue weighted by Gasteiger charge is 2.05.